The Balaban J connectivity index is 2.01. The quantitative estimate of drug-likeness (QED) is 0.727. The average molecular weight is 253 g/mol. The molecule has 1 heterocycles. The van der Waals surface area contributed by atoms with Crippen LogP contribution in [0.15, 0.2) is 24.3 Å². The van der Waals surface area contributed by atoms with Crippen LogP contribution in [0.3, 0.4) is 0 Å². The van der Waals surface area contributed by atoms with E-state index in [1.165, 1.54) is 11.1 Å². The highest BCUT2D eigenvalue weighted by molar-refractivity contribution is 6.20. The fourth-order valence-electron chi connectivity index (χ4n) is 2.33. The second kappa shape index (κ2) is 5.88. The summed E-state index contributed by atoms with van der Waals surface area (Å²) in [5.41, 5.74) is 2.67. The molecule has 1 aliphatic rings. The molecule has 2 rings (SSSR count). The monoisotopic (exact) mass is 252 g/mol. The van der Waals surface area contributed by atoms with Gasteiger partial charge in [-0.3, -0.25) is 0 Å². The van der Waals surface area contributed by atoms with E-state index in [9.17, 15) is 0 Å². The minimum Gasteiger partial charge on any atom is -0.373 e. The van der Waals surface area contributed by atoms with Crippen LogP contribution in [0, 0.1) is 5.92 Å². The molecule has 1 nitrogen and oxygen atoms in total. The molecule has 0 saturated carbocycles. The fraction of sp³-hybridized carbons (Fsp3) is 0.600. The summed E-state index contributed by atoms with van der Waals surface area (Å²) in [4.78, 5) is 0. The first-order chi connectivity index (χ1) is 8.15. The van der Waals surface area contributed by atoms with Gasteiger partial charge in [-0.05, 0) is 36.3 Å². The van der Waals surface area contributed by atoms with Crippen LogP contribution in [0.4, 0.5) is 0 Å². The van der Waals surface area contributed by atoms with E-state index in [1.807, 2.05) is 0 Å². The molecule has 0 spiro atoms. The Kier molecular flexibility index (Phi) is 4.47. The molecule has 2 heteroatoms. The second-order valence-electron chi connectivity index (χ2n) is 5.32. The highest BCUT2D eigenvalue weighted by atomic mass is 35.5. The van der Waals surface area contributed by atoms with E-state index >= 15 is 0 Å². The lowest BCUT2D eigenvalue weighted by molar-refractivity contribution is 0.0169. The molecule has 0 aliphatic carbocycles. The van der Waals surface area contributed by atoms with Crippen LogP contribution in [0.25, 0.3) is 0 Å². The summed E-state index contributed by atoms with van der Waals surface area (Å²) in [6.45, 7) is 5.28. The van der Waals surface area contributed by atoms with Crippen LogP contribution in [0.2, 0.25) is 0 Å². The zero-order chi connectivity index (χ0) is 12.3. The molecule has 0 amide bonds. The number of hydrogen-bond donors (Lipinski definition) is 0. The normalized spacial score (nSPS) is 25.2. The Morgan fingerprint density at radius 2 is 2.00 bits per heavy atom. The van der Waals surface area contributed by atoms with E-state index in [0.29, 0.717) is 5.92 Å². The molecule has 1 fully saturated rings. The van der Waals surface area contributed by atoms with E-state index in [4.69, 9.17) is 16.3 Å². The van der Waals surface area contributed by atoms with Gasteiger partial charge in [0, 0.05) is 12.0 Å². The Hall–Kier alpha value is -0.530. The van der Waals surface area contributed by atoms with Crippen molar-refractivity contribution >= 4 is 11.6 Å². The molecule has 0 radical (unpaired) electrons. The number of rotatable bonds is 3. The Morgan fingerprint density at radius 1 is 1.29 bits per heavy atom. The van der Waals surface area contributed by atoms with Gasteiger partial charge < -0.3 is 4.74 Å². The van der Waals surface area contributed by atoms with E-state index in [1.54, 1.807) is 0 Å². The molecule has 1 aromatic rings. The summed E-state index contributed by atoms with van der Waals surface area (Å²) >= 11 is 6.18. The predicted octanol–water partition coefficient (Wildman–Crippen LogP) is 4.34. The molecular weight excluding hydrogens is 232 g/mol. The molecule has 94 valence electrons. The highest BCUT2D eigenvalue weighted by Gasteiger charge is 2.22. The lowest BCUT2D eigenvalue weighted by Gasteiger charge is -2.26. The average Bonchev–Trinajstić information content (AvgIpc) is 2.29. The van der Waals surface area contributed by atoms with Crippen LogP contribution >= 0.6 is 11.6 Å². The zero-order valence-corrected chi connectivity index (χ0v) is 11.4. The van der Waals surface area contributed by atoms with Crippen molar-refractivity contribution in [1.29, 1.82) is 0 Å². The Morgan fingerprint density at radius 3 is 2.59 bits per heavy atom. The maximum Gasteiger partial charge on any atom is 0.0839 e. The standard InChI is InChI=1S/C15H21ClO/c1-11(2)9-12-3-5-13(6-4-12)15-10-14(16)7-8-17-15/h3-6,11,14-15H,7-10H2,1-2H3. The lowest BCUT2D eigenvalue weighted by atomic mass is 9.97. The molecular formula is C15H21ClO. The predicted molar refractivity (Wildman–Crippen MR) is 72.6 cm³/mol. The van der Waals surface area contributed by atoms with Crippen molar-refractivity contribution in [3.05, 3.63) is 35.4 Å². The summed E-state index contributed by atoms with van der Waals surface area (Å²) < 4.78 is 5.77. The van der Waals surface area contributed by atoms with Crippen molar-refractivity contribution in [2.45, 2.75) is 44.6 Å². The SMILES string of the molecule is CC(C)Cc1ccc(C2CC(Cl)CCO2)cc1. The van der Waals surface area contributed by atoms with Gasteiger partial charge >= 0.3 is 0 Å². The number of halogens is 1. The summed E-state index contributed by atoms with van der Waals surface area (Å²) in [7, 11) is 0. The minimum absolute atomic E-state index is 0.194. The second-order valence-corrected chi connectivity index (χ2v) is 5.94. The molecule has 17 heavy (non-hydrogen) atoms. The third-order valence-electron chi connectivity index (χ3n) is 3.22. The van der Waals surface area contributed by atoms with Gasteiger partial charge in [-0.2, -0.15) is 0 Å². The van der Waals surface area contributed by atoms with Gasteiger partial charge in [0.05, 0.1) is 6.10 Å². The lowest BCUT2D eigenvalue weighted by Crippen LogP contribution is -2.19. The van der Waals surface area contributed by atoms with Crippen LogP contribution in [-0.4, -0.2) is 12.0 Å². The smallest absolute Gasteiger partial charge is 0.0839 e. The molecule has 0 bridgehead atoms. The van der Waals surface area contributed by atoms with Gasteiger partial charge in [0.2, 0.25) is 0 Å². The first-order valence-electron chi connectivity index (χ1n) is 6.49. The van der Waals surface area contributed by atoms with Gasteiger partial charge in [0.15, 0.2) is 0 Å². The van der Waals surface area contributed by atoms with Crippen molar-refractivity contribution in [2.75, 3.05) is 6.61 Å². The molecule has 1 aromatic carbocycles. The number of hydrogen-bond acceptors (Lipinski definition) is 1. The number of ether oxygens (including phenoxy) is 1. The molecule has 0 aromatic heterocycles. The van der Waals surface area contributed by atoms with Gasteiger partial charge in [-0.25, -0.2) is 0 Å². The van der Waals surface area contributed by atoms with Gasteiger partial charge in [-0.15, -0.1) is 11.6 Å². The zero-order valence-electron chi connectivity index (χ0n) is 10.7. The van der Waals surface area contributed by atoms with Crippen molar-refractivity contribution in [3.63, 3.8) is 0 Å². The highest BCUT2D eigenvalue weighted by Crippen LogP contribution is 2.30. The van der Waals surface area contributed by atoms with Crippen molar-refractivity contribution in [3.8, 4) is 0 Å². The van der Waals surface area contributed by atoms with Gasteiger partial charge in [0.25, 0.3) is 0 Å². The number of alkyl halides is 1. The third-order valence-corrected chi connectivity index (χ3v) is 3.61. The molecule has 0 N–H and O–H groups in total. The number of benzene rings is 1. The van der Waals surface area contributed by atoms with Crippen LogP contribution in [-0.2, 0) is 11.2 Å². The Bertz CT molecular complexity index is 344. The van der Waals surface area contributed by atoms with Crippen LogP contribution in [0.1, 0.15) is 43.9 Å². The van der Waals surface area contributed by atoms with Crippen molar-refractivity contribution < 1.29 is 4.74 Å². The van der Waals surface area contributed by atoms with Gasteiger partial charge in [0.1, 0.15) is 0 Å². The summed E-state index contributed by atoms with van der Waals surface area (Å²) in [6, 6.07) is 8.82. The third kappa shape index (κ3) is 3.72. The maximum atomic E-state index is 6.18. The fourth-order valence-corrected chi connectivity index (χ4v) is 2.58. The summed E-state index contributed by atoms with van der Waals surface area (Å²) in [6.07, 6.45) is 3.25. The molecule has 1 saturated heterocycles. The van der Waals surface area contributed by atoms with E-state index in [-0.39, 0.29) is 11.5 Å². The summed E-state index contributed by atoms with van der Waals surface area (Å²) in [5.74, 6) is 0.707. The summed E-state index contributed by atoms with van der Waals surface area (Å²) in [5, 5.41) is 0.268. The maximum absolute atomic E-state index is 6.18. The van der Waals surface area contributed by atoms with Crippen LogP contribution < -0.4 is 0 Å². The Labute approximate surface area is 109 Å². The first-order valence-corrected chi connectivity index (χ1v) is 6.93. The van der Waals surface area contributed by atoms with E-state index in [0.717, 1.165) is 25.9 Å². The van der Waals surface area contributed by atoms with Gasteiger partial charge in [-0.1, -0.05) is 38.1 Å². The van der Waals surface area contributed by atoms with Crippen LogP contribution in [0.5, 0.6) is 0 Å². The van der Waals surface area contributed by atoms with E-state index in [2.05, 4.69) is 38.1 Å². The minimum atomic E-state index is 0.194. The van der Waals surface area contributed by atoms with E-state index < -0.39 is 0 Å². The van der Waals surface area contributed by atoms with Crippen molar-refractivity contribution in [1.82, 2.24) is 0 Å². The topological polar surface area (TPSA) is 9.23 Å². The molecule has 2 unspecified atom stereocenters. The molecule has 1 aliphatic heterocycles. The van der Waals surface area contributed by atoms with Crippen molar-refractivity contribution in [2.24, 2.45) is 5.92 Å². The largest absolute Gasteiger partial charge is 0.373 e. The molecule has 2 atom stereocenters. The first kappa shape index (κ1) is 12.9.